The van der Waals surface area contributed by atoms with E-state index in [1.165, 1.54) is 18.4 Å². The molecule has 6 heteroatoms. The number of hydrogen-bond acceptors (Lipinski definition) is 4. The molecule has 110 valence electrons. The molecule has 0 spiro atoms. The first-order valence-electron chi connectivity index (χ1n) is 6.27. The second-order valence-electron chi connectivity index (χ2n) is 4.31. The van der Waals surface area contributed by atoms with Crippen molar-refractivity contribution in [3.63, 3.8) is 0 Å². The Labute approximate surface area is 131 Å². The molecule has 2 aromatic rings. The maximum absolute atomic E-state index is 12.2. The van der Waals surface area contributed by atoms with Crippen LogP contribution in [0.1, 0.15) is 27.7 Å². The number of rotatable bonds is 5. The highest BCUT2D eigenvalue weighted by Crippen LogP contribution is 2.24. The summed E-state index contributed by atoms with van der Waals surface area (Å²) >= 11 is 7.21. The van der Waals surface area contributed by atoms with Crippen molar-refractivity contribution in [2.45, 2.75) is 12.5 Å². The zero-order valence-corrected chi connectivity index (χ0v) is 12.9. The number of ether oxygens (including phenoxy) is 1. The van der Waals surface area contributed by atoms with Gasteiger partial charge in [-0.1, -0.05) is 41.9 Å². The third kappa shape index (κ3) is 4.06. The molecule has 0 aliphatic carbocycles. The van der Waals surface area contributed by atoms with E-state index in [0.717, 1.165) is 5.56 Å². The number of hydrogen-bond donors (Lipinski definition) is 1. The lowest BCUT2D eigenvalue weighted by Gasteiger charge is -2.18. The molecule has 1 N–H and O–H groups in total. The second kappa shape index (κ2) is 7.24. The van der Waals surface area contributed by atoms with E-state index in [1.807, 2.05) is 30.3 Å². The lowest BCUT2D eigenvalue weighted by molar-refractivity contribution is -0.141. The molecule has 21 heavy (non-hydrogen) atoms. The maximum Gasteiger partial charge on any atom is 0.307 e. The van der Waals surface area contributed by atoms with Crippen LogP contribution in [0.3, 0.4) is 0 Å². The van der Waals surface area contributed by atoms with E-state index < -0.39 is 6.04 Å². The molecule has 0 aliphatic heterocycles. The summed E-state index contributed by atoms with van der Waals surface area (Å²) in [5.74, 6) is -0.686. The molecule has 0 aliphatic rings. The molecular weight excluding hydrogens is 310 g/mol. The molecule has 1 aromatic heterocycles. The molecule has 0 fully saturated rings. The van der Waals surface area contributed by atoms with Gasteiger partial charge in [0, 0.05) is 0 Å². The Bertz CT molecular complexity index is 627. The molecule has 1 heterocycles. The van der Waals surface area contributed by atoms with E-state index in [-0.39, 0.29) is 18.3 Å². The first-order valence-corrected chi connectivity index (χ1v) is 7.53. The first-order chi connectivity index (χ1) is 10.1. The summed E-state index contributed by atoms with van der Waals surface area (Å²) in [5.41, 5.74) is 0.837. The molecule has 0 saturated carbocycles. The first kappa shape index (κ1) is 15.5. The number of amides is 1. The van der Waals surface area contributed by atoms with Crippen molar-refractivity contribution in [3.05, 3.63) is 57.2 Å². The van der Waals surface area contributed by atoms with Crippen LogP contribution in [0.15, 0.2) is 41.8 Å². The van der Waals surface area contributed by atoms with Gasteiger partial charge in [-0.25, -0.2) is 0 Å². The monoisotopic (exact) mass is 323 g/mol. The van der Waals surface area contributed by atoms with Gasteiger partial charge in [0.1, 0.15) is 4.88 Å². The van der Waals surface area contributed by atoms with Crippen LogP contribution >= 0.6 is 22.9 Å². The van der Waals surface area contributed by atoms with Gasteiger partial charge in [-0.2, -0.15) is 0 Å². The van der Waals surface area contributed by atoms with E-state index in [9.17, 15) is 9.59 Å². The van der Waals surface area contributed by atoms with Gasteiger partial charge in [0.2, 0.25) is 0 Å². The number of benzene rings is 1. The van der Waals surface area contributed by atoms with Crippen LogP contribution in [0.5, 0.6) is 0 Å². The van der Waals surface area contributed by atoms with E-state index >= 15 is 0 Å². The van der Waals surface area contributed by atoms with Crippen LogP contribution in [0.2, 0.25) is 5.02 Å². The lowest BCUT2D eigenvalue weighted by Crippen LogP contribution is -2.30. The Morgan fingerprint density at radius 2 is 2.00 bits per heavy atom. The summed E-state index contributed by atoms with van der Waals surface area (Å²) in [6.07, 6.45) is 0.0647. The van der Waals surface area contributed by atoms with Gasteiger partial charge in [0.15, 0.2) is 0 Å². The van der Waals surface area contributed by atoms with Crippen molar-refractivity contribution in [2.24, 2.45) is 0 Å². The van der Waals surface area contributed by atoms with Gasteiger partial charge >= 0.3 is 5.97 Å². The molecule has 0 unspecified atom stereocenters. The van der Waals surface area contributed by atoms with Gasteiger partial charge in [-0.15, -0.1) is 11.3 Å². The fourth-order valence-electron chi connectivity index (χ4n) is 1.87. The third-order valence-corrected chi connectivity index (χ3v) is 4.27. The molecule has 1 aromatic carbocycles. The van der Waals surface area contributed by atoms with Gasteiger partial charge in [0.05, 0.1) is 24.6 Å². The van der Waals surface area contributed by atoms with Crippen molar-refractivity contribution >= 4 is 34.8 Å². The smallest absolute Gasteiger partial charge is 0.307 e. The number of carbonyl (C=O) groups excluding carboxylic acids is 2. The number of esters is 1. The van der Waals surface area contributed by atoms with E-state index in [1.54, 1.807) is 11.4 Å². The van der Waals surface area contributed by atoms with E-state index in [2.05, 4.69) is 10.1 Å². The Morgan fingerprint density at radius 1 is 1.29 bits per heavy atom. The fraction of sp³-hybridized carbons (Fsp3) is 0.200. The zero-order valence-electron chi connectivity index (χ0n) is 11.3. The van der Waals surface area contributed by atoms with Crippen molar-refractivity contribution in [2.75, 3.05) is 7.11 Å². The highest BCUT2D eigenvalue weighted by atomic mass is 35.5. The third-order valence-electron chi connectivity index (χ3n) is 2.93. The van der Waals surface area contributed by atoms with Crippen molar-refractivity contribution < 1.29 is 14.3 Å². The van der Waals surface area contributed by atoms with Crippen LogP contribution in [0.4, 0.5) is 0 Å². The lowest BCUT2D eigenvalue weighted by atomic mass is 10.0. The average molecular weight is 324 g/mol. The van der Waals surface area contributed by atoms with Crippen LogP contribution in [0.25, 0.3) is 0 Å². The van der Waals surface area contributed by atoms with Crippen molar-refractivity contribution in [1.82, 2.24) is 5.32 Å². The van der Waals surface area contributed by atoms with Gasteiger partial charge in [0.25, 0.3) is 5.91 Å². The maximum atomic E-state index is 12.2. The molecule has 1 atom stereocenters. The summed E-state index contributed by atoms with van der Waals surface area (Å²) in [6.45, 7) is 0. The Hall–Kier alpha value is -1.85. The number of methoxy groups -OCH3 is 1. The minimum atomic E-state index is -0.454. The Balaban J connectivity index is 2.18. The van der Waals surface area contributed by atoms with Crippen molar-refractivity contribution in [3.8, 4) is 0 Å². The molecule has 4 nitrogen and oxygen atoms in total. The number of halogens is 1. The molecular formula is C15H14ClNO3S. The SMILES string of the molecule is COC(=O)C[C@@H](NC(=O)c1sccc1Cl)c1ccccc1. The van der Waals surface area contributed by atoms with Crippen LogP contribution in [-0.2, 0) is 9.53 Å². The largest absolute Gasteiger partial charge is 0.469 e. The number of nitrogens with one attached hydrogen (secondary N) is 1. The normalized spacial score (nSPS) is 11.7. The second-order valence-corrected chi connectivity index (χ2v) is 5.64. The van der Waals surface area contributed by atoms with Crippen LogP contribution in [-0.4, -0.2) is 19.0 Å². The highest BCUT2D eigenvalue weighted by Gasteiger charge is 2.21. The predicted molar refractivity (Wildman–Crippen MR) is 82.6 cm³/mol. The van der Waals surface area contributed by atoms with E-state index in [0.29, 0.717) is 9.90 Å². The standard InChI is InChI=1S/C15H14ClNO3S/c1-20-13(18)9-12(10-5-3-2-4-6-10)17-15(19)14-11(16)7-8-21-14/h2-8,12H,9H2,1H3,(H,17,19)/t12-/m1/s1. The van der Waals surface area contributed by atoms with Gasteiger partial charge in [-0.3, -0.25) is 9.59 Å². The number of thiophene rings is 1. The summed E-state index contributed by atoms with van der Waals surface area (Å²) < 4.78 is 4.68. The molecule has 1 amide bonds. The summed E-state index contributed by atoms with van der Waals surface area (Å²) in [5, 5.41) is 4.98. The molecule has 0 saturated heterocycles. The topological polar surface area (TPSA) is 55.4 Å². The molecule has 0 bridgehead atoms. The molecule has 0 radical (unpaired) electrons. The van der Waals surface area contributed by atoms with E-state index in [4.69, 9.17) is 11.6 Å². The minimum Gasteiger partial charge on any atom is -0.469 e. The van der Waals surface area contributed by atoms with Crippen molar-refractivity contribution in [1.29, 1.82) is 0 Å². The summed E-state index contributed by atoms with van der Waals surface area (Å²) in [4.78, 5) is 24.2. The zero-order chi connectivity index (χ0) is 15.2. The summed E-state index contributed by atoms with van der Waals surface area (Å²) in [6, 6.07) is 10.5. The average Bonchev–Trinajstić information content (AvgIpc) is 2.93. The van der Waals surface area contributed by atoms with Crippen LogP contribution in [0, 0.1) is 0 Å². The highest BCUT2D eigenvalue weighted by molar-refractivity contribution is 7.12. The molecule has 2 rings (SSSR count). The van der Waals surface area contributed by atoms with Crippen LogP contribution < -0.4 is 5.32 Å². The Morgan fingerprint density at radius 3 is 2.57 bits per heavy atom. The van der Waals surface area contributed by atoms with Gasteiger partial charge < -0.3 is 10.1 Å². The Kier molecular flexibility index (Phi) is 5.36. The van der Waals surface area contributed by atoms with Gasteiger partial charge in [-0.05, 0) is 17.0 Å². The number of carbonyl (C=O) groups is 2. The fourth-order valence-corrected chi connectivity index (χ4v) is 2.91. The minimum absolute atomic E-state index is 0.0647. The quantitative estimate of drug-likeness (QED) is 0.858. The predicted octanol–water partition coefficient (Wildman–Crippen LogP) is 3.44. The summed E-state index contributed by atoms with van der Waals surface area (Å²) in [7, 11) is 1.32.